The summed E-state index contributed by atoms with van der Waals surface area (Å²) in [5.74, 6) is -0.426. The number of benzene rings is 2. The average Bonchev–Trinajstić information content (AvgIpc) is 3.11. The molecule has 0 bridgehead atoms. The second-order valence-corrected chi connectivity index (χ2v) is 8.06. The lowest BCUT2D eigenvalue weighted by atomic mass is 10.1. The molecule has 0 fully saturated rings. The summed E-state index contributed by atoms with van der Waals surface area (Å²) in [6.45, 7) is 0. The number of carbonyl (C=O) groups excluding carboxylic acids is 1. The van der Waals surface area contributed by atoms with Gasteiger partial charge in [-0.15, -0.1) is 11.3 Å². The Morgan fingerprint density at radius 2 is 1.96 bits per heavy atom. The van der Waals surface area contributed by atoms with Crippen molar-refractivity contribution in [3.05, 3.63) is 91.3 Å². The Labute approximate surface area is 174 Å². The van der Waals surface area contributed by atoms with E-state index in [9.17, 15) is 9.59 Å². The van der Waals surface area contributed by atoms with E-state index in [0.717, 1.165) is 10.4 Å². The van der Waals surface area contributed by atoms with Crippen LogP contribution in [-0.2, 0) is 6.42 Å². The Hall–Kier alpha value is -2.67. The molecule has 2 N–H and O–H groups in total. The first-order chi connectivity index (χ1) is 13.5. The molecule has 28 heavy (non-hydrogen) atoms. The van der Waals surface area contributed by atoms with Gasteiger partial charge in [0.05, 0.1) is 0 Å². The van der Waals surface area contributed by atoms with Crippen LogP contribution in [0.4, 0.5) is 5.13 Å². The summed E-state index contributed by atoms with van der Waals surface area (Å²) in [7, 11) is 0. The van der Waals surface area contributed by atoms with Gasteiger partial charge in [-0.05, 0) is 41.3 Å². The van der Waals surface area contributed by atoms with Gasteiger partial charge in [-0.2, -0.15) is 0 Å². The number of halogens is 2. The molecule has 2 aromatic heterocycles. The van der Waals surface area contributed by atoms with Gasteiger partial charge in [-0.1, -0.05) is 41.4 Å². The standard InChI is InChI=1S/C20H13Cl2N3O2S/c21-13-5-6-16(22)12(7-13)8-14-10-23-20(28-14)25-19(27)17-9-11-3-1-2-4-15(11)18(26)24-17/h1-7,9-10H,8H2,(H,24,26)(H,23,25,27). The Morgan fingerprint density at radius 3 is 2.82 bits per heavy atom. The Balaban J connectivity index is 1.53. The highest BCUT2D eigenvalue weighted by molar-refractivity contribution is 7.15. The average molecular weight is 430 g/mol. The summed E-state index contributed by atoms with van der Waals surface area (Å²) in [6, 6.07) is 14.0. The summed E-state index contributed by atoms with van der Waals surface area (Å²) in [5.41, 5.74) is 0.756. The molecule has 4 aromatic rings. The molecule has 0 radical (unpaired) electrons. The predicted octanol–water partition coefficient (Wildman–Crippen LogP) is 5.13. The number of nitrogens with one attached hydrogen (secondary N) is 2. The molecule has 2 aromatic carbocycles. The van der Waals surface area contributed by atoms with E-state index in [2.05, 4.69) is 15.3 Å². The topological polar surface area (TPSA) is 74.8 Å². The number of aromatic nitrogens is 2. The van der Waals surface area contributed by atoms with Crippen LogP contribution in [0.25, 0.3) is 10.8 Å². The van der Waals surface area contributed by atoms with E-state index in [-0.39, 0.29) is 11.3 Å². The van der Waals surface area contributed by atoms with E-state index in [4.69, 9.17) is 23.2 Å². The third kappa shape index (κ3) is 3.94. The maximum Gasteiger partial charge on any atom is 0.273 e. The van der Waals surface area contributed by atoms with Crippen LogP contribution in [0, 0.1) is 0 Å². The summed E-state index contributed by atoms with van der Waals surface area (Å²) in [4.78, 5) is 32.4. The minimum absolute atomic E-state index is 0.179. The van der Waals surface area contributed by atoms with Crippen LogP contribution in [0.2, 0.25) is 10.0 Å². The maximum atomic E-state index is 12.5. The molecule has 0 saturated heterocycles. The molecule has 2 heterocycles. The van der Waals surface area contributed by atoms with Gasteiger partial charge in [0, 0.05) is 32.9 Å². The molecule has 0 saturated carbocycles. The molecular weight excluding hydrogens is 417 g/mol. The van der Waals surface area contributed by atoms with Crippen LogP contribution in [0.1, 0.15) is 20.9 Å². The quantitative estimate of drug-likeness (QED) is 0.471. The number of fused-ring (bicyclic) bond motifs is 1. The van der Waals surface area contributed by atoms with Crippen molar-refractivity contribution >= 4 is 56.3 Å². The molecule has 0 unspecified atom stereocenters. The van der Waals surface area contributed by atoms with Crippen molar-refractivity contribution < 1.29 is 4.79 Å². The van der Waals surface area contributed by atoms with Crippen LogP contribution < -0.4 is 10.9 Å². The zero-order chi connectivity index (χ0) is 19.7. The monoisotopic (exact) mass is 429 g/mol. The van der Waals surface area contributed by atoms with Crippen LogP contribution >= 0.6 is 34.5 Å². The summed E-state index contributed by atoms with van der Waals surface area (Å²) in [5, 5.41) is 5.63. The smallest absolute Gasteiger partial charge is 0.273 e. The van der Waals surface area contributed by atoms with Crippen molar-refractivity contribution in [2.45, 2.75) is 6.42 Å². The number of thiazole rings is 1. The molecule has 140 valence electrons. The van der Waals surface area contributed by atoms with Gasteiger partial charge in [0.15, 0.2) is 5.13 Å². The minimum Gasteiger partial charge on any atom is -0.317 e. The fourth-order valence-electron chi connectivity index (χ4n) is 2.81. The van der Waals surface area contributed by atoms with E-state index in [0.29, 0.717) is 32.4 Å². The Morgan fingerprint density at radius 1 is 1.14 bits per heavy atom. The third-order valence-electron chi connectivity index (χ3n) is 4.14. The molecule has 8 heteroatoms. The van der Waals surface area contributed by atoms with E-state index < -0.39 is 5.91 Å². The lowest BCUT2D eigenvalue weighted by Crippen LogP contribution is -2.18. The van der Waals surface area contributed by atoms with Crippen LogP contribution in [0.15, 0.2) is 59.5 Å². The first kappa shape index (κ1) is 18.7. The minimum atomic E-state index is -0.426. The predicted molar refractivity (Wildman–Crippen MR) is 114 cm³/mol. The molecule has 0 aliphatic carbocycles. The van der Waals surface area contributed by atoms with Gasteiger partial charge in [-0.25, -0.2) is 4.98 Å². The van der Waals surface area contributed by atoms with Crippen molar-refractivity contribution in [3.63, 3.8) is 0 Å². The van der Waals surface area contributed by atoms with Crippen LogP contribution in [0.5, 0.6) is 0 Å². The number of nitrogens with zero attached hydrogens (tertiary/aromatic N) is 1. The first-order valence-electron chi connectivity index (χ1n) is 8.31. The van der Waals surface area contributed by atoms with Crippen LogP contribution in [0.3, 0.4) is 0 Å². The fourth-order valence-corrected chi connectivity index (χ4v) is 4.02. The number of rotatable bonds is 4. The number of anilines is 1. The second kappa shape index (κ2) is 7.75. The van der Waals surface area contributed by atoms with Gasteiger partial charge in [0.25, 0.3) is 11.5 Å². The largest absolute Gasteiger partial charge is 0.317 e. The van der Waals surface area contributed by atoms with E-state index in [1.807, 2.05) is 12.1 Å². The maximum absolute atomic E-state index is 12.5. The highest BCUT2D eigenvalue weighted by Gasteiger charge is 2.13. The van der Waals surface area contributed by atoms with E-state index in [1.165, 1.54) is 11.3 Å². The van der Waals surface area contributed by atoms with E-state index >= 15 is 0 Å². The summed E-state index contributed by atoms with van der Waals surface area (Å²) in [6.07, 6.45) is 2.24. The summed E-state index contributed by atoms with van der Waals surface area (Å²) >= 11 is 13.6. The van der Waals surface area contributed by atoms with Crippen molar-refractivity contribution in [2.24, 2.45) is 0 Å². The van der Waals surface area contributed by atoms with Crippen molar-refractivity contribution in [2.75, 3.05) is 5.32 Å². The fraction of sp³-hybridized carbons (Fsp3) is 0.0500. The molecular formula is C20H13Cl2N3O2S. The molecule has 0 spiro atoms. The van der Waals surface area contributed by atoms with Crippen molar-refractivity contribution in [3.8, 4) is 0 Å². The molecule has 0 atom stereocenters. The molecule has 4 rings (SSSR count). The number of carbonyl (C=O) groups is 1. The van der Waals surface area contributed by atoms with Crippen molar-refractivity contribution in [1.29, 1.82) is 0 Å². The highest BCUT2D eigenvalue weighted by atomic mass is 35.5. The number of hydrogen-bond donors (Lipinski definition) is 2. The number of hydrogen-bond acceptors (Lipinski definition) is 4. The van der Waals surface area contributed by atoms with E-state index in [1.54, 1.807) is 42.6 Å². The highest BCUT2D eigenvalue weighted by Crippen LogP contribution is 2.27. The zero-order valence-corrected chi connectivity index (χ0v) is 16.7. The van der Waals surface area contributed by atoms with Gasteiger partial charge >= 0.3 is 0 Å². The van der Waals surface area contributed by atoms with Gasteiger partial charge in [0.2, 0.25) is 0 Å². The number of pyridine rings is 1. The molecule has 0 aliphatic heterocycles. The SMILES string of the molecule is O=C(Nc1ncc(Cc2cc(Cl)ccc2Cl)s1)c1cc2ccccc2c(=O)[nH]1. The lowest BCUT2D eigenvalue weighted by molar-refractivity contribution is 0.102. The van der Waals surface area contributed by atoms with Crippen LogP contribution in [-0.4, -0.2) is 15.9 Å². The van der Waals surface area contributed by atoms with Gasteiger partial charge in [0.1, 0.15) is 5.69 Å². The molecule has 1 amide bonds. The number of aromatic amines is 1. The van der Waals surface area contributed by atoms with Crippen molar-refractivity contribution in [1.82, 2.24) is 9.97 Å². The lowest BCUT2D eigenvalue weighted by Gasteiger charge is -2.04. The normalized spacial score (nSPS) is 10.9. The molecule has 0 aliphatic rings. The third-order valence-corrected chi connectivity index (χ3v) is 5.66. The Bertz CT molecular complexity index is 1250. The molecule has 5 nitrogen and oxygen atoms in total. The second-order valence-electron chi connectivity index (χ2n) is 6.10. The van der Waals surface area contributed by atoms with Gasteiger partial charge < -0.3 is 4.98 Å². The first-order valence-corrected chi connectivity index (χ1v) is 9.89. The number of amides is 1. The zero-order valence-electron chi connectivity index (χ0n) is 14.3. The Kier molecular flexibility index (Phi) is 5.17. The summed E-state index contributed by atoms with van der Waals surface area (Å²) < 4.78 is 0. The van der Waals surface area contributed by atoms with Gasteiger partial charge in [-0.3, -0.25) is 14.9 Å². The number of H-pyrrole nitrogens is 1.